The van der Waals surface area contributed by atoms with E-state index >= 15 is 0 Å². The molecule has 0 saturated carbocycles. The number of ether oxygens (including phenoxy) is 3. The molecule has 0 radical (unpaired) electrons. The summed E-state index contributed by atoms with van der Waals surface area (Å²) in [5.41, 5.74) is 1.10. The highest BCUT2D eigenvalue weighted by Crippen LogP contribution is 2.46. The number of ketones is 1. The lowest BCUT2D eigenvalue weighted by molar-refractivity contribution is -0.143. The first kappa shape index (κ1) is 14.5. The van der Waals surface area contributed by atoms with Crippen molar-refractivity contribution in [3.05, 3.63) is 23.3 Å². The Morgan fingerprint density at radius 2 is 1.87 bits per heavy atom. The van der Waals surface area contributed by atoms with Crippen LogP contribution in [0.5, 0.6) is 11.5 Å². The van der Waals surface area contributed by atoms with Gasteiger partial charge >= 0.3 is 5.97 Å². The fourth-order valence-corrected chi connectivity index (χ4v) is 4.09. The van der Waals surface area contributed by atoms with E-state index in [9.17, 15) is 9.59 Å². The van der Waals surface area contributed by atoms with Crippen LogP contribution >= 0.6 is 0 Å². The number of esters is 1. The average Bonchev–Trinajstić information content (AvgIpc) is 2.91. The molecular formula is C17H19NO5. The second-order valence-corrected chi connectivity index (χ2v) is 6.25. The van der Waals surface area contributed by atoms with E-state index < -0.39 is 12.1 Å². The Labute approximate surface area is 134 Å². The van der Waals surface area contributed by atoms with Crippen molar-refractivity contribution < 1.29 is 23.8 Å². The third-order valence-corrected chi connectivity index (χ3v) is 5.23. The molecule has 122 valence electrons. The third kappa shape index (κ3) is 1.97. The van der Waals surface area contributed by atoms with Crippen LogP contribution in [0.25, 0.3) is 0 Å². The quantitative estimate of drug-likeness (QED) is 0.789. The number of cyclic esters (lactones) is 1. The number of rotatable bonds is 3. The summed E-state index contributed by atoms with van der Waals surface area (Å²) in [5, 5.41) is 0. The van der Waals surface area contributed by atoms with Crippen molar-refractivity contribution in [2.45, 2.75) is 25.0 Å². The van der Waals surface area contributed by atoms with E-state index in [2.05, 4.69) is 4.90 Å². The topological polar surface area (TPSA) is 65.1 Å². The largest absolute Gasteiger partial charge is 0.493 e. The number of nitrogens with zero attached hydrogens (tertiary/aromatic N) is 1. The van der Waals surface area contributed by atoms with Gasteiger partial charge in [0.05, 0.1) is 14.2 Å². The fourth-order valence-electron chi connectivity index (χ4n) is 4.09. The molecule has 0 spiro atoms. The van der Waals surface area contributed by atoms with E-state index in [1.165, 1.54) is 14.2 Å². The molecule has 4 aliphatic heterocycles. The second-order valence-electron chi connectivity index (χ2n) is 6.25. The van der Waals surface area contributed by atoms with Crippen molar-refractivity contribution in [3.8, 4) is 11.5 Å². The van der Waals surface area contributed by atoms with Crippen molar-refractivity contribution in [1.29, 1.82) is 0 Å². The van der Waals surface area contributed by atoms with Crippen molar-refractivity contribution in [2.75, 3.05) is 27.3 Å². The van der Waals surface area contributed by atoms with E-state index in [0.29, 0.717) is 17.1 Å². The van der Waals surface area contributed by atoms with E-state index in [-0.39, 0.29) is 17.7 Å². The Morgan fingerprint density at radius 3 is 2.48 bits per heavy atom. The lowest BCUT2D eigenvalue weighted by Gasteiger charge is -2.45. The van der Waals surface area contributed by atoms with Gasteiger partial charge in [0.1, 0.15) is 11.6 Å². The Bertz CT molecular complexity index is 678. The lowest BCUT2D eigenvalue weighted by Crippen LogP contribution is -2.57. The molecule has 5 rings (SSSR count). The van der Waals surface area contributed by atoms with Gasteiger partial charge in [0.15, 0.2) is 23.4 Å². The van der Waals surface area contributed by atoms with Gasteiger partial charge in [-0.3, -0.25) is 9.69 Å². The molecule has 23 heavy (non-hydrogen) atoms. The Balaban J connectivity index is 1.78. The normalized spacial score (nSPS) is 31.7. The molecule has 2 bridgehead atoms. The number of methoxy groups -OCH3 is 2. The van der Waals surface area contributed by atoms with Gasteiger partial charge in [-0.25, -0.2) is 4.79 Å². The number of piperidine rings is 3. The predicted molar refractivity (Wildman–Crippen MR) is 80.8 cm³/mol. The third-order valence-electron chi connectivity index (χ3n) is 5.23. The highest BCUT2D eigenvalue weighted by molar-refractivity contribution is 5.99. The summed E-state index contributed by atoms with van der Waals surface area (Å²) in [6, 6.07) is 3.20. The molecule has 4 aliphatic rings. The predicted octanol–water partition coefficient (Wildman–Crippen LogP) is 1.58. The number of hydrogen-bond acceptors (Lipinski definition) is 6. The standard InChI is InChI=1S/C17H19NO5/c1-21-11-4-3-10-12(16(11)22-2)17(20)23-15(10)13-14(19)9-5-7-18(13)8-6-9/h3-4,9,13,15H,5-8H2,1-2H3/t13-,15-/m1/s1. The monoisotopic (exact) mass is 317 g/mol. The molecule has 2 atom stereocenters. The lowest BCUT2D eigenvalue weighted by atomic mass is 9.78. The van der Waals surface area contributed by atoms with Crippen LogP contribution < -0.4 is 9.47 Å². The SMILES string of the molecule is COc1ccc2c(c1OC)C(=O)O[C@H]2[C@H]1C(=O)C2CCN1CC2. The number of carbonyl (C=O) groups is 2. The van der Waals surface area contributed by atoms with Crippen molar-refractivity contribution in [3.63, 3.8) is 0 Å². The van der Waals surface area contributed by atoms with Crippen LogP contribution in [0, 0.1) is 5.92 Å². The number of Topliss-reactive ketones (excluding diaryl/α,β-unsaturated/α-hetero) is 1. The summed E-state index contributed by atoms with van der Waals surface area (Å²) in [5.74, 6) is 0.716. The van der Waals surface area contributed by atoms with E-state index in [0.717, 1.165) is 31.5 Å². The van der Waals surface area contributed by atoms with Gasteiger partial charge in [0.2, 0.25) is 0 Å². The number of fused-ring (bicyclic) bond motifs is 4. The molecule has 0 amide bonds. The number of hydrogen-bond donors (Lipinski definition) is 0. The first-order valence-electron chi connectivity index (χ1n) is 7.89. The molecule has 3 fully saturated rings. The summed E-state index contributed by atoms with van der Waals surface area (Å²) >= 11 is 0. The smallest absolute Gasteiger partial charge is 0.343 e. The summed E-state index contributed by atoms with van der Waals surface area (Å²) in [6.07, 6.45) is 1.27. The van der Waals surface area contributed by atoms with Gasteiger partial charge in [0.25, 0.3) is 0 Å². The summed E-state index contributed by atoms with van der Waals surface area (Å²) in [4.78, 5) is 27.2. The Kier molecular flexibility index (Phi) is 3.30. The summed E-state index contributed by atoms with van der Waals surface area (Å²) in [7, 11) is 3.02. The zero-order chi connectivity index (χ0) is 16.1. The summed E-state index contributed by atoms with van der Waals surface area (Å²) in [6.45, 7) is 1.77. The first-order chi connectivity index (χ1) is 11.2. The van der Waals surface area contributed by atoms with Crippen LogP contribution in [0.1, 0.15) is 34.9 Å². The van der Waals surface area contributed by atoms with Crippen LogP contribution in [0.4, 0.5) is 0 Å². The minimum absolute atomic E-state index is 0.105. The van der Waals surface area contributed by atoms with E-state index in [4.69, 9.17) is 14.2 Å². The molecule has 0 aliphatic carbocycles. The second kappa shape index (κ2) is 5.23. The van der Waals surface area contributed by atoms with Gasteiger partial charge in [-0.05, 0) is 32.0 Å². The molecule has 6 heteroatoms. The molecule has 0 aromatic heterocycles. The molecule has 3 saturated heterocycles. The van der Waals surface area contributed by atoms with E-state index in [1.54, 1.807) is 6.07 Å². The van der Waals surface area contributed by atoms with Gasteiger partial charge in [0, 0.05) is 11.5 Å². The molecule has 4 heterocycles. The van der Waals surface area contributed by atoms with Crippen LogP contribution in [0.2, 0.25) is 0 Å². The number of carbonyl (C=O) groups excluding carboxylic acids is 2. The highest BCUT2D eigenvalue weighted by atomic mass is 16.6. The average molecular weight is 317 g/mol. The Morgan fingerprint density at radius 1 is 1.13 bits per heavy atom. The van der Waals surface area contributed by atoms with Crippen molar-refractivity contribution in [1.82, 2.24) is 4.90 Å². The molecule has 0 unspecified atom stereocenters. The minimum atomic E-state index is -0.548. The zero-order valence-corrected chi connectivity index (χ0v) is 13.2. The van der Waals surface area contributed by atoms with Crippen molar-refractivity contribution in [2.24, 2.45) is 5.92 Å². The van der Waals surface area contributed by atoms with Gasteiger partial charge in [-0.15, -0.1) is 0 Å². The van der Waals surface area contributed by atoms with Gasteiger partial charge in [-0.1, -0.05) is 6.07 Å². The molecular weight excluding hydrogens is 298 g/mol. The van der Waals surface area contributed by atoms with Crippen LogP contribution in [-0.4, -0.2) is 50.0 Å². The maximum absolute atomic E-state index is 12.7. The van der Waals surface area contributed by atoms with Crippen LogP contribution in [-0.2, 0) is 9.53 Å². The molecule has 6 nitrogen and oxygen atoms in total. The maximum atomic E-state index is 12.7. The van der Waals surface area contributed by atoms with Crippen LogP contribution in [0.15, 0.2) is 12.1 Å². The fraction of sp³-hybridized carbons (Fsp3) is 0.529. The van der Waals surface area contributed by atoms with Gasteiger partial charge < -0.3 is 14.2 Å². The van der Waals surface area contributed by atoms with Gasteiger partial charge in [-0.2, -0.15) is 0 Å². The molecule has 0 N–H and O–H groups in total. The molecule has 1 aromatic rings. The first-order valence-corrected chi connectivity index (χ1v) is 7.89. The maximum Gasteiger partial charge on any atom is 0.343 e. The number of benzene rings is 1. The molecule has 1 aromatic carbocycles. The Hall–Kier alpha value is -2.08. The summed E-state index contributed by atoms with van der Waals surface area (Å²) < 4.78 is 16.2. The van der Waals surface area contributed by atoms with Crippen LogP contribution in [0.3, 0.4) is 0 Å². The zero-order valence-electron chi connectivity index (χ0n) is 13.2. The van der Waals surface area contributed by atoms with Crippen molar-refractivity contribution >= 4 is 11.8 Å². The minimum Gasteiger partial charge on any atom is -0.493 e. The van der Waals surface area contributed by atoms with E-state index in [1.807, 2.05) is 6.07 Å². The highest BCUT2D eigenvalue weighted by Gasteiger charge is 2.50.